The third-order valence-corrected chi connectivity index (χ3v) is 4.94. The number of carbonyl (C=O) groups is 2. The summed E-state index contributed by atoms with van der Waals surface area (Å²) in [5.74, 6) is 0.977. The van der Waals surface area contributed by atoms with Gasteiger partial charge in [0.25, 0.3) is 5.91 Å². The Bertz CT molecular complexity index is 1210. The molecule has 1 N–H and O–H groups in total. The molecule has 0 spiro atoms. The quantitative estimate of drug-likeness (QED) is 0.189. The lowest BCUT2D eigenvalue weighted by molar-refractivity contribution is -0.134. The maximum atomic E-state index is 12.4. The molecule has 0 bridgehead atoms. The minimum atomic E-state index is -0.535. The van der Waals surface area contributed by atoms with Crippen LogP contribution in [0.15, 0.2) is 70.9 Å². The van der Waals surface area contributed by atoms with Crippen molar-refractivity contribution in [3.05, 3.63) is 83.3 Å². The van der Waals surface area contributed by atoms with E-state index in [9.17, 15) is 14.9 Å². The highest BCUT2D eigenvalue weighted by atomic mass is 16.6. The van der Waals surface area contributed by atoms with E-state index < -0.39 is 11.9 Å². The second-order valence-electron chi connectivity index (χ2n) is 7.39. The van der Waals surface area contributed by atoms with Gasteiger partial charge in [0.05, 0.1) is 26.5 Å². The molecule has 3 aromatic rings. The number of aryl methyl sites for hydroxylation is 1. The highest BCUT2D eigenvalue weighted by molar-refractivity contribution is 6.01. The molecule has 8 heteroatoms. The van der Waals surface area contributed by atoms with Crippen LogP contribution in [-0.4, -0.2) is 25.6 Å². The molecule has 35 heavy (non-hydrogen) atoms. The summed E-state index contributed by atoms with van der Waals surface area (Å²) in [6.45, 7) is 2.68. The van der Waals surface area contributed by atoms with E-state index in [4.69, 9.17) is 18.6 Å². The van der Waals surface area contributed by atoms with E-state index >= 15 is 0 Å². The van der Waals surface area contributed by atoms with Gasteiger partial charge in [-0.2, -0.15) is 5.26 Å². The molecule has 3 rings (SSSR count). The maximum absolute atomic E-state index is 12.4. The highest BCUT2D eigenvalue weighted by Gasteiger charge is 2.13. The smallest absolute Gasteiger partial charge is 0.311 e. The molecule has 0 fully saturated rings. The Morgan fingerprint density at radius 2 is 1.91 bits per heavy atom. The molecule has 2 aromatic carbocycles. The number of rotatable bonds is 11. The first-order valence-electron chi connectivity index (χ1n) is 11.0. The van der Waals surface area contributed by atoms with E-state index in [-0.39, 0.29) is 24.3 Å². The van der Waals surface area contributed by atoms with E-state index in [1.54, 1.807) is 30.3 Å². The van der Waals surface area contributed by atoms with E-state index in [0.717, 1.165) is 11.3 Å². The predicted molar refractivity (Wildman–Crippen MR) is 129 cm³/mol. The Kier molecular flexibility index (Phi) is 9.08. The molecule has 0 aliphatic heterocycles. The minimum absolute atomic E-state index is 0.0845. The third-order valence-electron chi connectivity index (χ3n) is 4.94. The second kappa shape index (κ2) is 12.7. The summed E-state index contributed by atoms with van der Waals surface area (Å²) < 4.78 is 21.4. The van der Waals surface area contributed by atoms with Crippen molar-refractivity contribution < 1.29 is 28.2 Å². The Balaban J connectivity index is 1.60. The zero-order chi connectivity index (χ0) is 25.0. The highest BCUT2D eigenvalue weighted by Crippen LogP contribution is 2.29. The summed E-state index contributed by atoms with van der Waals surface area (Å²) in [6.07, 6.45) is 3.64. The molecule has 0 aliphatic carbocycles. The number of carbonyl (C=O) groups excluding carboxylic acids is 2. The maximum Gasteiger partial charge on any atom is 0.311 e. The molecule has 0 radical (unpaired) electrons. The van der Waals surface area contributed by atoms with Crippen LogP contribution in [-0.2, 0) is 22.6 Å². The number of methoxy groups -OCH3 is 1. The molecule has 0 saturated heterocycles. The van der Waals surface area contributed by atoms with Crippen molar-refractivity contribution in [2.75, 3.05) is 13.7 Å². The van der Waals surface area contributed by atoms with Gasteiger partial charge in [0.2, 0.25) is 0 Å². The molecule has 0 aliphatic rings. The lowest BCUT2D eigenvalue weighted by Crippen LogP contribution is -2.23. The van der Waals surface area contributed by atoms with Gasteiger partial charge in [0.15, 0.2) is 11.5 Å². The Morgan fingerprint density at radius 3 is 2.57 bits per heavy atom. The number of esters is 1. The summed E-state index contributed by atoms with van der Waals surface area (Å²) in [5, 5.41) is 12.0. The van der Waals surface area contributed by atoms with Crippen molar-refractivity contribution >= 4 is 18.0 Å². The molecule has 8 nitrogen and oxygen atoms in total. The Morgan fingerprint density at radius 1 is 1.11 bits per heavy atom. The zero-order valence-corrected chi connectivity index (χ0v) is 19.6. The van der Waals surface area contributed by atoms with Crippen molar-refractivity contribution in [2.24, 2.45) is 0 Å². The molecule has 1 amide bonds. The Hall–Kier alpha value is -4.51. The minimum Gasteiger partial charge on any atom is -0.494 e. The van der Waals surface area contributed by atoms with E-state index in [1.165, 1.54) is 19.4 Å². The van der Waals surface area contributed by atoms with Gasteiger partial charge in [-0.05, 0) is 66.9 Å². The third kappa shape index (κ3) is 7.51. The molecule has 0 saturated carbocycles. The van der Waals surface area contributed by atoms with Crippen LogP contribution in [0.4, 0.5) is 0 Å². The largest absolute Gasteiger partial charge is 0.494 e. The summed E-state index contributed by atoms with van der Waals surface area (Å²) in [4.78, 5) is 24.7. The van der Waals surface area contributed by atoms with Gasteiger partial charge in [-0.3, -0.25) is 9.59 Å². The fourth-order valence-corrected chi connectivity index (χ4v) is 3.19. The number of benzene rings is 2. The van der Waals surface area contributed by atoms with Crippen LogP contribution in [0.25, 0.3) is 6.08 Å². The van der Waals surface area contributed by atoms with Gasteiger partial charge in [-0.1, -0.05) is 18.2 Å². The first-order chi connectivity index (χ1) is 17.0. The van der Waals surface area contributed by atoms with Crippen molar-refractivity contribution in [3.63, 3.8) is 0 Å². The lowest BCUT2D eigenvalue weighted by atomic mass is 10.1. The average molecular weight is 475 g/mol. The average Bonchev–Trinajstić information content (AvgIpc) is 3.40. The number of nitriles is 1. The number of ether oxygens (including phenoxy) is 3. The van der Waals surface area contributed by atoms with Crippen LogP contribution in [0.5, 0.6) is 17.2 Å². The number of hydrogen-bond donors (Lipinski definition) is 1. The molecule has 0 atom stereocenters. The van der Waals surface area contributed by atoms with E-state index in [1.807, 2.05) is 37.3 Å². The molecular formula is C27H26N2O6. The first-order valence-corrected chi connectivity index (χ1v) is 11.0. The van der Waals surface area contributed by atoms with Crippen molar-refractivity contribution in [3.8, 4) is 23.3 Å². The van der Waals surface area contributed by atoms with Crippen LogP contribution in [0, 0.1) is 11.3 Å². The van der Waals surface area contributed by atoms with Crippen LogP contribution in [0.3, 0.4) is 0 Å². The topological polar surface area (TPSA) is 111 Å². The first kappa shape index (κ1) is 25.1. The van der Waals surface area contributed by atoms with Gasteiger partial charge in [-0.15, -0.1) is 0 Å². The number of hydrogen-bond acceptors (Lipinski definition) is 7. The summed E-state index contributed by atoms with van der Waals surface area (Å²) in [7, 11) is 1.45. The molecule has 180 valence electrons. The second-order valence-corrected chi connectivity index (χ2v) is 7.39. The van der Waals surface area contributed by atoms with Crippen LogP contribution >= 0.6 is 0 Å². The van der Waals surface area contributed by atoms with Crippen molar-refractivity contribution in [1.82, 2.24) is 5.32 Å². The van der Waals surface area contributed by atoms with E-state index in [0.29, 0.717) is 30.1 Å². The zero-order valence-electron chi connectivity index (χ0n) is 19.6. The fourth-order valence-electron chi connectivity index (χ4n) is 3.19. The molecule has 1 aromatic heterocycles. The van der Waals surface area contributed by atoms with Crippen LogP contribution in [0.1, 0.15) is 30.2 Å². The van der Waals surface area contributed by atoms with Crippen molar-refractivity contribution in [1.29, 1.82) is 5.26 Å². The van der Waals surface area contributed by atoms with Crippen molar-refractivity contribution in [2.45, 2.75) is 26.3 Å². The number of furan rings is 1. The van der Waals surface area contributed by atoms with Gasteiger partial charge in [0.1, 0.15) is 23.2 Å². The van der Waals surface area contributed by atoms with Crippen LogP contribution < -0.4 is 19.5 Å². The van der Waals surface area contributed by atoms with Gasteiger partial charge in [-0.25, -0.2) is 0 Å². The van der Waals surface area contributed by atoms with Gasteiger partial charge >= 0.3 is 5.97 Å². The number of nitrogens with one attached hydrogen (secondary N) is 1. The van der Waals surface area contributed by atoms with Gasteiger partial charge < -0.3 is 23.9 Å². The number of nitrogens with zero attached hydrogens (tertiary/aromatic N) is 1. The Labute approximate surface area is 203 Å². The summed E-state index contributed by atoms with van der Waals surface area (Å²) >= 11 is 0. The molecular weight excluding hydrogens is 448 g/mol. The monoisotopic (exact) mass is 474 g/mol. The predicted octanol–water partition coefficient (Wildman–Crippen LogP) is 4.45. The van der Waals surface area contributed by atoms with E-state index in [2.05, 4.69) is 5.32 Å². The van der Waals surface area contributed by atoms with Crippen LogP contribution in [0.2, 0.25) is 0 Å². The normalized spacial score (nSPS) is 10.8. The fraction of sp³-hybridized carbons (Fsp3) is 0.222. The molecule has 1 heterocycles. The summed E-state index contributed by atoms with van der Waals surface area (Å²) in [6, 6.07) is 17.7. The standard InChI is InChI=1S/C27H26N2O6/c1-3-33-22-10-6-19(7-11-22)9-13-26(30)35-24-12-8-20(16-25(24)32-2)15-21(17-28)27(31)29-18-23-5-4-14-34-23/h4-8,10-12,14-16H,3,9,13,18H2,1-2H3,(H,29,31)/b21-15+. The number of amides is 1. The summed E-state index contributed by atoms with van der Waals surface area (Å²) in [5.41, 5.74) is 1.45. The SMILES string of the molecule is CCOc1ccc(CCC(=O)Oc2ccc(/C=C(\C#N)C(=O)NCc3ccco3)cc2OC)cc1. The lowest BCUT2D eigenvalue weighted by Gasteiger charge is -2.10. The molecule has 0 unspecified atom stereocenters. The van der Waals surface area contributed by atoms with Gasteiger partial charge in [0, 0.05) is 6.42 Å².